The zero-order chi connectivity index (χ0) is 14.0. The molecule has 9 heteroatoms. The van der Waals surface area contributed by atoms with Gasteiger partial charge in [-0.25, -0.2) is 4.68 Å². The highest BCUT2D eigenvalue weighted by Crippen LogP contribution is 2.10. The van der Waals surface area contributed by atoms with Gasteiger partial charge < -0.3 is 11.1 Å². The molecule has 0 aliphatic carbocycles. The van der Waals surface area contributed by atoms with E-state index in [4.69, 9.17) is 5.73 Å². The molecular formula is C10H14N6O3. The van der Waals surface area contributed by atoms with Gasteiger partial charge in [0.2, 0.25) is 11.8 Å². The number of aromatic nitrogens is 3. The highest BCUT2D eigenvalue weighted by atomic mass is 16.2. The Bertz CT molecular complexity index is 525. The third kappa shape index (κ3) is 2.76. The van der Waals surface area contributed by atoms with Gasteiger partial charge >= 0.3 is 0 Å². The van der Waals surface area contributed by atoms with Crippen molar-refractivity contribution in [1.29, 1.82) is 0 Å². The smallest absolute Gasteiger partial charge is 0.252 e. The number of carbonyl (C=O) groups is 3. The van der Waals surface area contributed by atoms with E-state index >= 15 is 0 Å². The Labute approximate surface area is 108 Å². The number of nitrogens with two attached hydrogens (primary N) is 1. The predicted octanol–water partition coefficient (Wildman–Crippen LogP) is -2.39. The van der Waals surface area contributed by atoms with Crippen LogP contribution in [0.15, 0.2) is 6.20 Å². The number of imide groups is 1. The van der Waals surface area contributed by atoms with Crippen LogP contribution < -0.4 is 11.1 Å². The Balaban J connectivity index is 1.91. The first-order valence-corrected chi connectivity index (χ1v) is 5.70. The Morgan fingerprint density at radius 1 is 1.58 bits per heavy atom. The number of rotatable bonds is 4. The van der Waals surface area contributed by atoms with Gasteiger partial charge in [-0.2, -0.15) is 0 Å². The van der Waals surface area contributed by atoms with Gasteiger partial charge in [-0.15, -0.1) is 5.10 Å². The minimum Gasteiger partial charge on any atom is -0.342 e. The van der Waals surface area contributed by atoms with Crippen LogP contribution in [0.1, 0.15) is 12.1 Å². The van der Waals surface area contributed by atoms with Crippen molar-refractivity contribution in [1.82, 2.24) is 25.2 Å². The molecule has 3 N–H and O–H groups in total. The molecule has 1 unspecified atom stereocenters. The molecule has 2 rings (SSSR count). The van der Waals surface area contributed by atoms with Crippen molar-refractivity contribution < 1.29 is 14.4 Å². The minimum absolute atomic E-state index is 0.00746. The highest BCUT2D eigenvalue weighted by Gasteiger charge is 2.36. The molecule has 0 spiro atoms. The molecule has 1 aliphatic rings. The first-order chi connectivity index (χ1) is 9.01. The average molecular weight is 266 g/mol. The SMILES string of the molecule is CN1C(=O)CC(NC(=O)Cn2cc(CN)nn2)C1=O. The van der Waals surface area contributed by atoms with E-state index in [1.54, 1.807) is 6.20 Å². The van der Waals surface area contributed by atoms with Gasteiger partial charge in [-0.05, 0) is 0 Å². The Morgan fingerprint density at radius 2 is 2.32 bits per heavy atom. The van der Waals surface area contributed by atoms with Gasteiger partial charge in [-0.3, -0.25) is 19.3 Å². The minimum atomic E-state index is -0.789. The van der Waals surface area contributed by atoms with Crippen LogP contribution in [0.4, 0.5) is 0 Å². The third-order valence-electron chi connectivity index (χ3n) is 2.82. The van der Waals surface area contributed by atoms with Gasteiger partial charge in [-0.1, -0.05) is 5.21 Å². The van der Waals surface area contributed by atoms with Crippen LogP contribution in [0.3, 0.4) is 0 Å². The molecule has 0 aromatic carbocycles. The molecule has 1 aliphatic heterocycles. The summed E-state index contributed by atoms with van der Waals surface area (Å²) < 4.78 is 1.32. The normalized spacial score (nSPS) is 19.1. The number of nitrogens with zero attached hydrogens (tertiary/aromatic N) is 4. The van der Waals surface area contributed by atoms with Crippen molar-refractivity contribution in [2.45, 2.75) is 25.6 Å². The van der Waals surface area contributed by atoms with E-state index in [2.05, 4.69) is 15.6 Å². The second kappa shape index (κ2) is 5.14. The van der Waals surface area contributed by atoms with Crippen molar-refractivity contribution in [2.24, 2.45) is 5.73 Å². The number of carbonyl (C=O) groups excluding carboxylic acids is 3. The molecule has 1 saturated heterocycles. The second-order valence-corrected chi connectivity index (χ2v) is 4.23. The van der Waals surface area contributed by atoms with Gasteiger partial charge in [0.15, 0.2) is 0 Å². The molecule has 3 amide bonds. The second-order valence-electron chi connectivity index (χ2n) is 4.23. The fourth-order valence-corrected chi connectivity index (χ4v) is 1.76. The van der Waals surface area contributed by atoms with Crippen LogP contribution in [0.2, 0.25) is 0 Å². The summed E-state index contributed by atoms with van der Waals surface area (Å²) in [4.78, 5) is 35.6. The van der Waals surface area contributed by atoms with Crippen LogP contribution in [-0.4, -0.2) is 50.7 Å². The number of hydrogen-bond donors (Lipinski definition) is 2. The lowest BCUT2D eigenvalue weighted by atomic mass is 10.2. The monoisotopic (exact) mass is 266 g/mol. The quantitative estimate of drug-likeness (QED) is 0.586. The third-order valence-corrected chi connectivity index (χ3v) is 2.82. The highest BCUT2D eigenvalue weighted by molar-refractivity contribution is 6.06. The van der Waals surface area contributed by atoms with Crippen molar-refractivity contribution in [3.05, 3.63) is 11.9 Å². The summed E-state index contributed by atoms with van der Waals surface area (Å²) in [6.45, 7) is 0.163. The summed E-state index contributed by atoms with van der Waals surface area (Å²) in [5.74, 6) is -1.11. The van der Waals surface area contributed by atoms with E-state index in [1.807, 2.05) is 0 Å². The van der Waals surface area contributed by atoms with E-state index < -0.39 is 17.9 Å². The van der Waals surface area contributed by atoms with Crippen LogP contribution in [0.25, 0.3) is 0 Å². The molecule has 1 aromatic heterocycles. The average Bonchev–Trinajstić information content (AvgIpc) is 2.91. The summed E-state index contributed by atoms with van der Waals surface area (Å²) in [6.07, 6.45) is 1.54. The lowest BCUT2D eigenvalue weighted by Crippen LogP contribution is -2.42. The van der Waals surface area contributed by atoms with Gasteiger partial charge in [0.1, 0.15) is 12.6 Å². The summed E-state index contributed by atoms with van der Waals surface area (Å²) in [5, 5.41) is 9.95. The zero-order valence-electron chi connectivity index (χ0n) is 10.4. The molecule has 19 heavy (non-hydrogen) atoms. The Kier molecular flexibility index (Phi) is 3.56. The number of likely N-dealkylation sites (tertiary alicyclic amines) is 1. The maximum atomic E-state index is 11.7. The number of amides is 3. The molecule has 1 aromatic rings. The topological polar surface area (TPSA) is 123 Å². The lowest BCUT2D eigenvalue weighted by molar-refractivity contribution is -0.138. The van der Waals surface area contributed by atoms with Gasteiger partial charge in [0.25, 0.3) is 5.91 Å². The van der Waals surface area contributed by atoms with Crippen molar-refractivity contribution in [3.8, 4) is 0 Å². The van der Waals surface area contributed by atoms with E-state index in [9.17, 15) is 14.4 Å². The molecule has 0 saturated carbocycles. The first kappa shape index (κ1) is 13.1. The van der Waals surface area contributed by atoms with Crippen LogP contribution in [-0.2, 0) is 27.5 Å². The van der Waals surface area contributed by atoms with Crippen LogP contribution in [0.5, 0.6) is 0 Å². The molecule has 0 radical (unpaired) electrons. The molecule has 0 bridgehead atoms. The Morgan fingerprint density at radius 3 is 2.84 bits per heavy atom. The Hall–Kier alpha value is -2.29. The van der Waals surface area contributed by atoms with Crippen molar-refractivity contribution in [3.63, 3.8) is 0 Å². The molecule has 102 valence electrons. The maximum Gasteiger partial charge on any atom is 0.252 e. The molecule has 2 heterocycles. The maximum absolute atomic E-state index is 11.7. The number of nitrogens with one attached hydrogen (secondary N) is 1. The first-order valence-electron chi connectivity index (χ1n) is 5.70. The molecule has 1 atom stereocenters. The van der Waals surface area contributed by atoms with Crippen LogP contribution >= 0.6 is 0 Å². The van der Waals surface area contributed by atoms with Crippen molar-refractivity contribution >= 4 is 17.7 Å². The summed E-state index contributed by atoms with van der Waals surface area (Å²) in [6, 6.07) is -0.789. The van der Waals surface area contributed by atoms with Crippen molar-refractivity contribution in [2.75, 3.05) is 7.05 Å². The number of likely N-dealkylation sites (N-methyl/N-ethyl adjacent to an activating group) is 1. The zero-order valence-corrected chi connectivity index (χ0v) is 10.4. The molecular weight excluding hydrogens is 252 g/mol. The summed E-state index contributed by atoms with van der Waals surface area (Å²) >= 11 is 0. The molecule has 9 nitrogen and oxygen atoms in total. The van der Waals surface area contributed by atoms with Crippen LogP contribution in [0, 0.1) is 0 Å². The van der Waals surface area contributed by atoms with E-state index in [0.717, 1.165) is 4.90 Å². The standard InChI is InChI=1S/C10H14N6O3/c1-15-9(18)2-7(10(15)19)12-8(17)5-16-4-6(3-11)13-14-16/h4,7H,2-3,5,11H2,1H3,(H,12,17). The van der Waals surface area contributed by atoms with E-state index in [0.29, 0.717) is 5.69 Å². The largest absolute Gasteiger partial charge is 0.342 e. The predicted molar refractivity (Wildman–Crippen MR) is 62.2 cm³/mol. The molecule has 1 fully saturated rings. The van der Waals surface area contributed by atoms with E-state index in [-0.39, 0.29) is 25.4 Å². The number of hydrogen-bond acceptors (Lipinski definition) is 6. The fraction of sp³-hybridized carbons (Fsp3) is 0.500. The summed E-state index contributed by atoms with van der Waals surface area (Å²) in [5.41, 5.74) is 5.94. The van der Waals surface area contributed by atoms with E-state index in [1.165, 1.54) is 11.7 Å². The lowest BCUT2D eigenvalue weighted by Gasteiger charge is -2.10. The fourth-order valence-electron chi connectivity index (χ4n) is 1.76. The summed E-state index contributed by atoms with van der Waals surface area (Å²) in [7, 11) is 1.39. The van der Waals surface area contributed by atoms with Gasteiger partial charge in [0, 0.05) is 13.6 Å². The van der Waals surface area contributed by atoms with Gasteiger partial charge in [0.05, 0.1) is 18.3 Å².